The Hall–Kier alpha value is -3.13. The van der Waals surface area contributed by atoms with Gasteiger partial charge in [-0.1, -0.05) is 24.3 Å². The molecule has 1 aliphatic heterocycles. The minimum absolute atomic E-state index is 0.0213. The van der Waals surface area contributed by atoms with Crippen LogP contribution in [0.15, 0.2) is 48.5 Å². The van der Waals surface area contributed by atoms with E-state index < -0.39 is 12.1 Å². The highest BCUT2D eigenvalue weighted by Gasteiger charge is 2.34. The predicted molar refractivity (Wildman–Crippen MR) is 93.1 cm³/mol. The zero-order valence-corrected chi connectivity index (χ0v) is 14.1. The fourth-order valence-corrected chi connectivity index (χ4v) is 3.09. The lowest BCUT2D eigenvalue weighted by Gasteiger charge is -2.25. The summed E-state index contributed by atoms with van der Waals surface area (Å²) in [5, 5.41) is 8.92. The standard InChI is InChI=1S/C20H18N2O3/c1-13-10-16-7-3-4-9-18(16)22(13)19(23)14(2)25-20(24)17-8-5-6-15(11-17)12-21/h3-9,11,13-14H,10H2,1-2H3/t13-,14+/m1/s1. The molecule has 0 saturated carbocycles. The van der Waals surface area contributed by atoms with Crippen molar-refractivity contribution in [3.63, 3.8) is 0 Å². The van der Waals surface area contributed by atoms with E-state index in [-0.39, 0.29) is 17.5 Å². The molecule has 126 valence electrons. The maximum Gasteiger partial charge on any atom is 0.338 e. The summed E-state index contributed by atoms with van der Waals surface area (Å²) in [6.07, 6.45) is -0.126. The molecule has 0 saturated heterocycles. The summed E-state index contributed by atoms with van der Waals surface area (Å²) >= 11 is 0. The van der Waals surface area contributed by atoms with Crippen LogP contribution in [0.2, 0.25) is 0 Å². The first-order valence-corrected chi connectivity index (χ1v) is 8.13. The minimum Gasteiger partial charge on any atom is -0.449 e. The molecule has 2 aromatic rings. The summed E-state index contributed by atoms with van der Waals surface area (Å²) in [5.41, 5.74) is 2.61. The van der Waals surface area contributed by atoms with Crippen molar-refractivity contribution in [2.24, 2.45) is 0 Å². The number of rotatable bonds is 3. The number of ether oxygens (including phenoxy) is 1. The number of hydrogen-bond donors (Lipinski definition) is 0. The second-order valence-corrected chi connectivity index (χ2v) is 6.13. The Morgan fingerprint density at radius 1 is 1.24 bits per heavy atom. The highest BCUT2D eigenvalue weighted by Crippen LogP contribution is 2.32. The van der Waals surface area contributed by atoms with Crippen LogP contribution in [-0.2, 0) is 16.0 Å². The van der Waals surface area contributed by atoms with E-state index in [0.29, 0.717) is 5.56 Å². The van der Waals surface area contributed by atoms with Gasteiger partial charge in [-0.25, -0.2) is 4.79 Å². The van der Waals surface area contributed by atoms with E-state index in [1.54, 1.807) is 30.0 Å². The molecule has 5 heteroatoms. The van der Waals surface area contributed by atoms with Gasteiger partial charge >= 0.3 is 5.97 Å². The fraction of sp³-hybridized carbons (Fsp3) is 0.250. The van der Waals surface area contributed by atoms with Crippen molar-refractivity contribution in [3.8, 4) is 6.07 Å². The largest absolute Gasteiger partial charge is 0.449 e. The van der Waals surface area contributed by atoms with Gasteiger partial charge in [0.05, 0.1) is 17.2 Å². The second kappa shape index (κ2) is 6.78. The van der Waals surface area contributed by atoms with E-state index in [1.807, 2.05) is 37.3 Å². The van der Waals surface area contributed by atoms with Gasteiger partial charge in [-0.15, -0.1) is 0 Å². The van der Waals surface area contributed by atoms with Gasteiger partial charge in [0.15, 0.2) is 6.10 Å². The van der Waals surface area contributed by atoms with Crippen molar-refractivity contribution in [2.45, 2.75) is 32.4 Å². The Morgan fingerprint density at radius 3 is 2.76 bits per heavy atom. The number of para-hydroxylation sites is 1. The summed E-state index contributed by atoms with van der Waals surface area (Å²) < 4.78 is 5.33. The zero-order chi connectivity index (χ0) is 18.0. The van der Waals surface area contributed by atoms with E-state index in [2.05, 4.69) is 0 Å². The number of esters is 1. The Labute approximate surface area is 146 Å². The highest BCUT2D eigenvalue weighted by molar-refractivity contribution is 6.01. The predicted octanol–water partition coefficient (Wildman–Crippen LogP) is 3.08. The van der Waals surface area contributed by atoms with Gasteiger partial charge in [-0.2, -0.15) is 5.26 Å². The summed E-state index contributed by atoms with van der Waals surface area (Å²) in [6.45, 7) is 3.55. The number of carbonyl (C=O) groups excluding carboxylic acids is 2. The third kappa shape index (κ3) is 3.24. The first-order chi connectivity index (χ1) is 12.0. The van der Waals surface area contributed by atoms with Gasteiger partial charge in [0, 0.05) is 11.7 Å². The normalized spacial score (nSPS) is 16.7. The van der Waals surface area contributed by atoms with Gasteiger partial charge in [-0.05, 0) is 50.1 Å². The number of nitrogens with zero attached hydrogens (tertiary/aromatic N) is 2. The van der Waals surface area contributed by atoms with Crippen LogP contribution >= 0.6 is 0 Å². The molecule has 0 bridgehead atoms. The lowest BCUT2D eigenvalue weighted by atomic mass is 10.1. The first kappa shape index (κ1) is 16.7. The summed E-state index contributed by atoms with van der Waals surface area (Å²) in [4.78, 5) is 26.8. The molecule has 0 N–H and O–H groups in total. The monoisotopic (exact) mass is 334 g/mol. The Kier molecular flexibility index (Phi) is 4.53. The number of nitriles is 1. The summed E-state index contributed by atoms with van der Waals surface area (Å²) in [7, 11) is 0. The smallest absolute Gasteiger partial charge is 0.338 e. The number of hydrogen-bond acceptors (Lipinski definition) is 4. The van der Waals surface area contributed by atoms with Crippen LogP contribution in [0.1, 0.15) is 35.3 Å². The molecule has 2 aromatic carbocycles. The van der Waals surface area contributed by atoms with Crippen molar-refractivity contribution in [3.05, 3.63) is 65.2 Å². The topological polar surface area (TPSA) is 70.4 Å². The van der Waals surface area contributed by atoms with Crippen LogP contribution in [0.4, 0.5) is 5.69 Å². The zero-order valence-electron chi connectivity index (χ0n) is 14.1. The van der Waals surface area contributed by atoms with Gasteiger partial charge in [0.1, 0.15) is 0 Å². The SMILES string of the molecule is C[C@H](OC(=O)c1cccc(C#N)c1)C(=O)N1c2ccccc2C[C@H]1C. The van der Waals surface area contributed by atoms with Crippen LogP contribution in [0.5, 0.6) is 0 Å². The van der Waals surface area contributed by atoms with Crippen LogP contribution in [0.3, 0.4) is 0 Å². The van der Waals surface area contributed by atoms with Crippen molar-refractivity contribution in [1.29, 1.82) is 5.26 Å². The molecular formula is C20H18N2O3. The molecule has 5 nitrogen and oxygen atoms in total. The quantitative estimate of drug-likeness (QED) is 0.809. The molecule has 0 aromatic heterocycles. The maximum atomic E-state index is 12.8. The van der Waals surface area contributed by atoms with Crippen LogP contribution in [0.25, 0.3) is 0 Å². The van der Waals surface area contributed by atoms with Crippen molar-refractivity contribution in [1.82, 2.24) is 0 Å². The van der Waals surface area contributed by atoms with E-state index in [0.717, 1.165) is 17.7 Å². The third-order valence-corrected chi connectivity index (χ3v) is 4.30. The van der Waals surface area contributed by atoms with Crippen LogP contribution < -0.4 is 4.90 Å². The van der Waals surface area contributed by atoms with E-state index >= 15 is 0 Å². The lowest BCUT2D eigenvalue weighted by molar-refractivity contribution is -0.126. The molecule has 0 unspecified atom stereocenters. The van der Waals surface area contributed by atoms with Crippen LogP contribution in [0, 0.1) is 11.3 Å². The molecule has 2 atom stereocenters. The van der Waals surface area contributed by atoms with E-state index in [9.17, 15) is 9.59 Å². The molecule has 0 radical (unpaired) electrons. The molecule has 1 heterocycles. The third-order valence-electron chi connectivity index (χ3n) is 4.30. The molecule has 0 aliphatic carbocycles. The molecule has 1 amide bonds. The molecule has 1 aliphatic rings. The Morgan fingerprint density at radius 2 is 2.00 bits per heavy atom. The molecule has 3 rings (SSSR count). The summed E-state index contributed by atoms with van der Waals surface area (Å²) in [5.74, 6) is -0.861. The lowest BCUT2D eigenvalue weighted by Crippen LogP contribution is -2.43. The molecule has 0 spiro atoms. The van der Waals surface area contributed by atoms with Gasteiger partial charge < -0.3 is 9.64 Å². The van der Waals surface area contributed by atoms with Crippen molar-refractivity contribution >= 4 is 17.6 Å². The van der Waals surface area contributed by atoms with Gasteiger partial charge in [-0.3, -0.25) is 4.79 Å². The minimum atomic E-state index is -0.910. The summed E-state index contributed by atoms with van der Waals surface area (Å²) in [6, 6.07) is 16.0. The van der Waals surface area contributed by atoms with Crippen molar-refractivity contribution in [2.75, 3.05) is 4.90 Å². The number of carbonyl (C=O) groups is 2. The number of amides is 1. The number of fused-ring (bicyclic) bond motifs is 1. The molecule has 0 fully saturated rings. The average Bonchev–Trinajstić information content (AvgIpc) is 2.96. The number of anilines is 1. The first-order valence-electron chi connectivity index (χ1n) is 8.13. The Bertz CT molecular complexity index is 869. The van der Waals surface area contributed by atoms with Crippen LogP contribution in [-0.4, -0.2) is 24.0 Å². The fourth-order valence-electron chi connectivity index (χ4n) is 3.09. The molecule has 25 heavy (non-hydrogen) atoms. The van der Waals surface area contributed by atoms with Crippen molar-refractivity contribution < 1.29 is 14.3 Å². The average molecular weight is 334 g/mol. The van der Waals surface area contributed by atoms with E-state index in [1.165, 1.54) is 6.07 Å². The van der Waals surface area contributed by atoms with Gasteiger partial charge in [0.2, 0.25) is 0 Å². The second-order valence-electron chi connectivity index (χ2n) is 6.13. The maximum absolute atomic E-state index is 12.8. The van der Waals surface area contributed by atoms with Gasteiger partial charge in [0.25, 0.3) is 5.91 Å². The highest BCUT2D eigenvalue weighted by atomic mass is 16.5. The molecular weight excluding hydrogens is 316 g/mol. The Balaban J connectivity index is 1.75. The van der Waals surface area contributed by atoms with E-state index in [4.69, 9.17) is 10.00 Å². The number of benzene rings is 2.